The molecule has 2 aromatic heterocycles. The molecule has 2 bridgehead atoms. The van der Waals surface area contributed by atoms with Crippen LogP contribution in [0.2, 0.25) is 0 Å². The Morgan fingerprint density at radius 1 is 1.36 bits per heavy atom. The lowest BCUT2D eigenvalue weighted by Gasteiger charge is -2.24. The molecule has 6 heteroatoms. The van der Waals surface area contributed by atoms with E-state index in [9.17, 15) is 4.79 Å². The summed E-state index contributed by atoms with van der Waals surface area (Å²) < 4.78 is 1.95. The van der Waals surface area contributed by atoms with Gasteiger partial charge in [-0.05, 0) is 45.6 Å². The van der Waals surface area contributed by atoms with E-state index in [-0.39, 0.29) is 11.9 Å². The minimum absolute atomic E-state index is 0.119. The van der Waals surface area contributed by atoms with Crippen LogP contribution in [0, 0.1) is 6.92 Å². The number of fused-ring (bicyclic) bond motifs is 3. The maximum absolute atomic E-state index is 13.3. The van der Waals surface area contributed by atoms with Gasteiger partial charge in [0.1, 0.15) is 0 Å². The van der Waals surface area contributed by atoms with Crippen LogP contribution in [-0.2, 0) is 0 Å². The van der Waals surface area contributed by atoms with E-state index < -0.39 is 0 Å². The predicted molar refractivity (Wildman–Crippen MR) is 97.7 cm³/mol. The number of aromatic nitrogens is 3. The number of likely N-dealkylation sites (tertiary alicyclic amines) is 1. The first kappa shape index (κ1) is 16.5. The van der Waals surface area contributed by atoms with Crippen molar-refractivity contribution in [3.8, 4) is 0 Å². The Balaban J connectivity index is 1.70. The van der Waals surface area contributed by atoms with Crippen molar-refractivity contribution in [3.63, 3.8) is 0 Å². The number of hydrogen-bond donors (Lipinski definition) is 1. The zero-order valence-corrected chi connectivity index (χ0v) is 15.3. The molecule has 2 aliphatic heterocycles. The molecule has 2 aromatic rings. The minimum Gasteiger partial charge on any atom is -0.337 e. The molecule has 4 heterocycles. The van der Waals surface area contributed by atoms with Crippen LogP contribution in [0.5, 0.6) is 0 Å². The van der Waals surface area contributed by atoms with Crippen LogP contribution >= 0.6 is 0 Å². The van der Waals surface area contributed by atoms with Gasteiger partial charge in [-0.3, -0.25) is 4.79 Å². The van der Waals surface area contributed by atoms with Gasteiger partial charge in [0, 0.05) is 30.9 Å². The third kappa shape index (κ3) is 2.92. The molecular formula is C19H27N5O. The third-order valence-electron chi connectivity index (χ3n) is 5.74. The fourth-order valence-electron chi connectivity index (χ4n) is 4.11. The SMILES string of the molecule is CCC(C)n1ncc2c(C(=O)N3CCC4CCC(C3)N4)cc(C)nc21. The highest BCUT2D eigenvalue weighted by atomic mass is 16.2. The average molecular weight is 341 g/mol. The number of carbonyl (C=O) groups excluding carboxylic acids is 1. The molecular weight excluding hydrogens is 314 g/mol. The van der Waals surface area contributed by atoms with Gasteiger partial charge in [-0.15, -0.1) is 0 Å². The van der Waals surface area contributed by atoms with Crippen molar-refractivity contribution in [1.82, 2.24) is 25.0 Å². The lowest BCUT2D eigenvalue weighted by atomic mass is 10.1. The van der Waals surface area contributed by atoms with E-state index in [1.165, 1.54) is 12.8 Å². The van der Waals surface area contributed by atoms with Gasteiger partial charge < -0.3 is 10.2 Å². The zero-order valence-electron chi connectivity index (χ0n) is 15.3. The molecule has 4 rings (SSSR count). The van der Waals surface area contributed by atoms with Gasteiger partial charge in [0.05, 0.1) is 23.2 Å². The van der Waals surface area contributed by atoms with E-state index in [0.29, 0.717) is 12.1 Å². The number of carbonyl (C=O) groups is 1. The Labute approximate surface area is 148 Å². The normalized spacial score (nSPS) is 24.5. The second-order valence-electron chi connectivity index (χ2n) is 7.57. The van der Waals surface area contributed by atoms with Crippen molar-refractivity contribution in [2.24, 2.45) is 0 Å². The summed E-state index contributed by atoms with van der Waals surface area (Å²) in [4.78, 5) is 20.0. The number of amides is 1. The van der Waals surface area contributed by atoms with Gasteiger partial charge >= 0.3 is 0 Å². The topological polar surface area (TPSA) is 63.1 Å². The Hall–Kier alpha value is -1.95. The van der Waals surface area contributed by atoms with Crippen LogP contribution in [0.15, 0.2) is 12.3 Å². The highest BCUT2D eigenvalue weighted by Crippen LogP contribution is 2.26. The second kappa shape index (κ2) is 6.41. The molecule has 0 spiro atoms. The van der Waals surface area contributed by atoms with Crippen LogP contribution in [0.1, 0.15) is 61.6 Å². The van der Waals surface area contributed by atoms with E-state index >= 15 is 0 Å². The van der Waals surface area contributed by atoms with Crippen molar-refractivity contribution in [3.05, 3.63) is 23.5 Å². The molecule has 6 nitrogen and oxygen atoms in total. The van der Waals surface area contributed by atoms with Gasteiger partial charge in [0.25, 0.3) is 5.91 Å². The van der Waals surface area contributed by atoms with Crippen LogP contribution in [0.25, 0.3) is 11.0 Å². The number of nitrogens with zero attached hydrogens (tertiary/aromatic N) is 4. The summed E-state index contributed by atoms with van der Waals surface area (Å²) in [7, 11) is 0. The molecule has 134 valence electrons. The fourth-order valence-corrected chi connectivity index (χ4v) is 4.11. The van der Waals surface area contributed by atoms with Gasteiger partial charge in [-0.25, -0.2) is 9.67 Å². The Morgan fingerprint density at radius 3 is 2.96 bits per heavy atom. The summed E-state index contributed by atoms with van der Waals surface area (Å²) in [5.74, 6) is 0.119. The molecule has 3 unspecified atom stereocenters. The Bertz CT molecular complexity index is 798. The zero-order chi connectivity index (χ0) is 17.6. The van der Waals surface area contributed by atoms with E-state index in [0.717, 1.165) is 48.2 Å². The molecule has 2 fully saturated rings. The highest BCUT2D eigenvalue weighted by molar-refractivity contribution is 6.05. The van der Waals surface area contributed by atoms with E-state index in [2.05, 4.69) is 29.2 Å². The molecule has 0 saturated carbocycles. The quantitative estimate of drug-likeness (QED) is 0.932. The molecule has 0 radical (unpaired) electrons. The van der Waals surface area contributed by atoms with Crippen LogP contribution in [-0.4, -0.2) is 50.7 Å². The number of aryl methyl sites for hydroxylation is 1. The van der Waals surface area contributed by atoms with Crippen molar-refractivity contribution < 1.29 is 4.79 Å². The van der Waals surface area contributed by atoms with Crippen LogP contribution in [0.4, 0.5) is 0 Å². The van der Waals surface area contributed by atoms with Gasteiger partial charge in [0.15, 0.2) is 5.65 Å². The monoisotopic (exact) mass is 341 g/mol. The summed E-state index contributed by atoms with van der Waals surface area (Å²) >= 11 is 0. The smallest absolute Gasteiger partial charge is 0.254 e. The van der Waals surface area contributed by atoms with E-state index in [4.69, 9.17) is 0 Å². The first-order valence-electron chi connectivity index (χ1n) is 9.47. The standard InChI is InChI=1S/C19H27N5O/c1-4-13(3)24-18-17(10-20-24)16(9-12(2)21-18)19(25)23-8-7-14-5-6-15(11-23)22-14/h9-10,13-15,22H,4-8,11H2,1-3H3. The number of nitrogens with one attached hydrogen (secondary N) is 1. The summed E-state index contributed by atoms with van der Waals surface area (Å²) in [6.45, 7) is 7.86. The molecule has 2 saturated heterocycles. The molecule has 1 amide bonds. The maximum Gasteiger partial charge on any atom is 0.254 e. The summed E-state index contributed by atoms with van der Waals surface area (Å²) in [6.07, 6.45) is 6.25. The molecule has 0 aliphatic carbocycles. The van der Waals surface area contributed by atoms with Gasteiger partial charge in [-0.1, -0.05) is 6.92 Å². The Kier molecular flexibility index (Phi) is 4.23. The third-order valence-corrected chi connectivity index (χ3v) is 5.74. The number of rotatable bonds is 3. The van der Waals surface area contributed by atoms with Crippen molar-refractivity contribution >= 4 is 16.9 Å². The summed E-state index contributed by atoms with van der Waals surface area (Å²) in [6, 6.07) is 3.21. The van der Waals surface area contributed by atoms with Crippen molar-refractivity contribution in [2.75, 3.05) is 13.1 Å². The summed E-state index contributed by atoms with van der Waals surface area (Å²) in [5.41, 5.74) is 2.44. The number of pyridine rings is 1. The average Bonchev–Trinajstić information content (AvgIpc) is 3.15. The molecule has 2 aliphatic rings. The molecule has 0 aromatic carbocycles. The predicted octanol–water partition coefficient (Wildman–Crippen LogP) is 2.68. The maximum atomic E-state index is 13.3. The number of hydrogen-bond acceptors (Lipinski definition) is 4. The second-order valence-corrected chi connectivity index (χ2v) is 7.57. The van der Waals surface area contributed by atoms with Crippen molar-refractivity contribution in [2.45, 2.75) is 64.6 Å². The lowest BCUT2D eigenvalue weighted by molar-refractivity contribution is 0.0750. The van der Waals surface area contributed by atoms with E-state index in [1.807, 2.05) is 28.8 Å². The highest BCUT2D eigenvalue weighted by Gasteiger charge is 2.32. The largest absolute Gasteiger partial charge is 0.337 e. The molecule has 1 N–H and O–H groups in total. The fraction of sp³-hybridized carbons (Fsp3) is 0.632. The Morgan fingerprint density at radius 2 is 2.16 bits per heavy atom. The van der Waals surface area contributed by atoms with Crippen molar-refractivity contribution in [1.29, 1.82) is 0 Å². The summed E-state index contributed by atoms with van der Waals surface area (Å²) in [5, 5.41) is 9.04. The minimum atomic E-state index is 0.119. The van der Waals surface area contributed by atoms with Crippen LogP contribution < -0.4 is 5.32 Å². The van der Waals surface area contributed by atoms with Crippen LogP contribution in [0.3, 0.4) is 0 Å². The lowest BCUT2D eigenvalue weighted by Crippen LogP contribution is -2.39. The first-order chi connectivity index (χ1) is 12.1. The van der Waals surface area contributed by atoms with Gasteiger partial charge in [-0.2, -0.15) is 5.10 Å². The molecule has 3 atom stereocenters. The van der Waals surface area contributed by atoms with Gasteiger partial charge in [0.2, 0.25) is 0 Å². The van der Waals surface area contributed by atoms with E-state index in [1.54, 1.807) is 0 Å². The first-order valence-corrected chi connectivity index (χ1v) is 9.47. The molecule has 25 heavy (non-hydrogen) atoms.